The van der Waals surface area contributed by atoms with Crippen LogP contribution in [0, 0.1) is 6.92 Å². The Morgan fingerprint density at radius 3 is 2.33 bits per heavy atom. The van der Waals surface area contributed by atoms with E-state index < -0.39 is 23.0 Å². The molecule has 0 nitrogen and oxygen atoms in total. The van der Waals surface area contributed by atoms with Crippen LogP contribution >= 0.6 is 8.32 Å². The molecule has 0 aromatic heterocycles. The zero-order valence-electron chi connectivity index (χ0n) is 8.50. The Morgan fingerprint density at radius 2 is 1.67 bits per heavy atom. The molecule has 2 heteroatoms. The van der Waals surface area contributed by atoms with E-state index in [4.69, 9.17) is 8.32 Å². The summed E-state index contributed by atoms with van der Waals surface area (Å²) in [6.45, 7) is 2.14. The molecule has 74 valence electrons. The van der Waals surface area contributed by atoms with Crippen molar-refractivity contribution in [3.8, 4) is 11.1 Å². The summed E-state index contributed by atoms with van der Waals surface area (Å²) in [5.74, 6) is 0. The molecule has 0 amide bonds. The second kappa shape index (κ2) is 5.12. The normalized spacial score (nSPS) is 10.3. The SMILES string of the molecule is Cc1ccc(-c2ccccc2)c[c]1[Pb][Cl]. The molecular formula is C13H11ClPb. The van der Waals surface area contributed by atoms with E-state index in [2.05, 4.69) is 49.4 Å². The molecular weight excluding hydrogens is 399 g/mol. The zero-order chi connectivity index (χ0) is 10.7. The van der Waals surface area contributed by atoms with Crippen LogP contribution in [0.1, 0.15) is 5.56 Å². The summed E-state index contributed by atoms with van der Waals surface area (Å²) in [6.07, 6.45) is 0. The van der Waals surface area contributed by atoms with Gasteiger partial charge in [-0.1, -0.05) is 0 Å². The average Bonchev–Trinajstić information content (AvgIpc) is 2.31. The first kappa shape index (κ1) is 11.1. The first-order valence-corrected chi connectivity index (χ1v) is 11.6. The standard InChI is InChI=1S/C13H11.ClH.Pb/c1-11-7-9-13(10-8-11)12-5-3-2-4-6-12;;/h2-7,9-10H,1H3;1H;/q;;+1/p-1. The molecule has 0 fully saturated rings. The predicted octanol–water partition coefficient (Wildman–Crippen LogP) is 3.15. The fourth-order valence-electron chi connectivity index (χ4n) is 1.53. The molecule has 2 aromatic carbocycles. The van der Waals surface area contributed by atoms with Gasteiger partial charge in [-0.25, -0.2) is 0 Å². The van der Waals surface area contributed by atoms with Crippen LogP contribution in [-0.2, 0) is 0 Å². The number of aryl methyl sites for hydroxylation is 1. The van der Waals surface area contributed by atoms with E-state index in [1.807, 2.05) is 6.07 Å². The number of rotatable bonds is 2. The van der Waals surface area contributed by atoms with Crippen LogP contribution in [0.4, 0.5) is 0 Å². The van der Waals surface area contributed by atoms with Crippen molar-refractivity contribution in [1.82, 2.24) is 0 Å². The van der Waals surface area contributed by atoms with Crippen molar-refractivity contribution >= 4 is 34.5 Å². The summed E-state index contributed by atoms with van der Waals surface area (Å²) in [6, 6.07) is 17.0. The Hall–Kier alpha value is -0.348. The van der Waals surface area contributed by atoms with Gasteiger partial charge in [-0.15, -0.1) is 0 Å². The number of halogens is 1. The van der Waals surface area contributed by atoms with Gasteiger partial charge in [0.05, 0.1) is 0 Å². The second-order valence-corrected chi connectivity index (χ2v) is 7.98. The van der Waals surface area contributed by atoms with Crippen LogP contribution in [0.25, 0.3) is 11.1 Å². The Bertz CT molecular complexity index is 451. The first-order chi connectivity index (χ1) is 7.31. The average molecular weight is 410 g/mol. The molecule has 0 heterocycles. The van der Waals surface area contributed by atoms with E-state index in [1.54, 1.807) is 0 Å². The van der Waals surface area contributed by atoms with Gasteiger partial charge in [-0.2, -0.15) is 0 Å². The third-order valence-corrected chi connectivity index (χ3v) is 7.12. The zero-order valence-corrected chi connectivity index (χ0v) is 13.1. The van der Waals surface area contributed by atoms with Gasteiger partial charge in [0.25, 0.3) is 0 Å². The van der Waals surface area contributed by atoms with E-state index in [9.17, 15) is 0 Å². The van der Waals surface area contributed by atoms with Crippen LogP contribution in [0.5, 0.6) is 0 Å². The quantitative estimate of drug-likeness (QED) is 0.668. The monoisotopic (exact) mass is 410 g/mol. The van der Waals surface area contributed by atoms with Crippen LogP contribution < -0.4 is 3.12 Å². The molecule has 0 aliphatic carbocycles. The van der Waals surface area contributed by atoms with Crippen molar-refractivity contribution in [1.29, 1.82) is 0 Å². The van der Waals surface area contributed by atoms with E-state index in [1.165, 1.54) is 19.8 Å². The van der Waals surface area contributed by atoms with Crippen molar-refractivity contribution in [3.63, 3.8) is 0 Å². The van der Waals surface area contributed by atoms with E-state index >= 15 is 0 Å². The van der Waals surface area contributed by atoms with Crippen LogP contribution in [0.15, 0.2) is 48.5 Å². The van der Waals surface area contributed by atoms with Gasteiger partial charge in [-0.3, -0.25) is 0 Å². The summed E-state index contributed by atoms with van der Waals surface area (Å²) < 4.78 is 1.40. The summed E-state index contributed by atoms with van der Waals surface area (Å²) in [5.41, 5.74) is 3.89. The van der Waals surface area contributed by atoms with Crippen LogP contribution in [0.3, 0.4) is 0 Å². The van der Waals surface area contributed by atoms with Crippen molar-refractivity contribution in [2.75, 3.05) is 0 Å². The molecule has 2 radical (unpaired) electrons. The summed E-state index contributed by atoms with van der Waals surface area (Å²) in [4.78, 5) is 0. The molecule has 0 bridgehead atoms. The van der Waals surface area contributed by atoms with Crippen molar-refractivity contribution < 1.29 is 0 Å². The maximum atomic E-state index is 6.09. The van der Waals surface area contributed by atoms with Crippen molar-refractivity contribution in [2.45, 2.75) is 6.92 Å². The second-order valence-electron chi connectivity index (χ2n) is 3.49. The molecule has 0 atom stereocenters. The molecule has 0 spiro atoms. The van der Waals surface area contributed by atoms with Crippen LogP contribution in [-0.4, -0.2) is 23.0 Å². The maximum absolute atomic E-state index is 6.09. The van der Waals surface area contributed by atoms with Gasteiger partial charge in [0.15, 0.2) is 0 Å². The first-order valence-electron chi connectivity index (χ1n) is 4.84. The summed E-state index contributed by atoms with van der Waals surface area (Å²) in [7, 11) is 6.09. The van der Waals surface area contributed by atoms with Crippen molar-refractivity contribution in [3.05, 3.63) is 54.1 Å². The molecule has 0 N–H and O–H groups in total. The van der Waals surface area contributed by atoms with E-state index in [-0.39, 0.29) is 0 Å². The van der Waals surface area contributed by atoms with Crippen molar-refractivity contribution in [2.24, 2.45) is 0 Å². The molecule has 15 heavy (non-hydrogen) atoms. The van der Waals surface area contributed by atoms with Gasteiger partial charge in [0.2, 0.25) is 0 Å². The van der Waals surface area contributed by atoms with E-state index in [0.717, 1.165) is 0 Å². The Balaban J connectivity index is 2.46. The third-order valence-electron chi connectivity index (χ3n) is 2.45. The fourth-order valence-corrected chi connectivity index (χ4v) is 5.04. The Morgan fingerprint density at radius 1 is 0.933 bits per heavy atom. The summed E-state index contributed by atoms with van der Waals surface area (Å²) >= 11 is -1.06. The van der Waals surface area contributed by atoms with Gasteiger partial charge < -0.3 is 0 Å². The molecule has 0 saturated heterocycles. The number of hydrogen-bond donors (Lipinski definition) is 0. The predicted molar refractivity (Wildman–Crippen MR) is 67.9 cm³/mol. The number of hydrogen-bond acceptors (Lipinski definition) is 0. The molecule has 2 rings (SSSR count). The Labute approximate surface area is 106 Å². The summed E-state index contributed by atoms with van der Waals surface area (Å²) in [5, 5.41) is 0. The fraction of sp³-hybridized carbons (Fsp3) is 0.0769. The van der Waals surface area contributed by atoms with Gasteiger partial charge in [0, 0.05) is 0 Å². The minimum absolute atomic E-state index is 1.06. The van der Waals surface area contributed by atoms with Gasteiger partial charge in [0.1, 0.15) is 0 Å². The minimum atomic E-state index is -1.06. The molecule has 2 aromatic rings. The molecule has 0 aliphatic rings. The van der Waals surface area contributed by atoms with E-state index in [0.29, 0.717) is 0 Å². The van der Waals surface area contributed by atoms with Crippen LogP contribution in [0.2, 0.25) is 0 Å². The molecule has 0 saturated carbocycles. The topological polar surface area (TPSA) is 0 Å². The molecule has 0 unspecified atom stereocenters. The van der Waals surface area contributed by atoms with Gasteiger partial charge >= 0.3 is 107 Å². The third kappa shape index (κ3) is 2.61. The van der Waals surface area contributed by atoms with Gasteiger partial charge in [-0.05, 0) is 0 Å². The molecule has 0 aliphatic heterocycles. The number of benzene rings is 2. The Kier molecular flexibility index (Phi) is 3.81.